The molecule has 0 unspecified atom stereocenters. The second kappa shape index (κ2) is 5.45. The molecule has 0 aliphatic heterocycles. The molecule has 0 bridgehead atoms. The maximum absolute atomic E-state index is 9.25. The topological polar surface area (TPSA) is 77.1 Å². The summed E-state index contributed by atoms with van der Waals surface area (Å²) in [6.45, 7) is 0. The fourth-order valence-electron chi connectivity index (χ4n) is 2.08. The Morgan fingerprint density at radius 2 is 2.14 bits per heavy atom. The van der Waals surface area contributed by atoms with E-state index in [1.54, 1.807) is 37.0 Å². The van der Waals surface area contributed by atoms with Gasteiger partial charge in [-0.1, -0.05) is 5.16 Å². The van der Waals surface area contributed by atoms with Crippen LogP contribution in [0.15, 0.2) is 39.5 Å². The van der Waals surface area contributed by atoms with Crippen molar-refractivity contribution in [1.82, 2.24) is 4.98 Å². The first kappa shape index (κ1) is 13.4. The predicted octanol–water partition coefficient (Wildman–Crippen LogP) is 2.86. The molecule has 0 radical (unpaired) electrons. The van der Waals surface area contributed by atoms with E-state index in [1.165, 1.54) is 18.4 Å². The van der Waals surface area contributed by atoms with E-state index in [9.17, 15) is 5.21 Å². The zero-order chi connectivity index (χ0) is 14.8. The molecule has 0 saturated carbocycles. The molecule has 0 aliphatic rings. The van der Waals surface area contributed by atoms with E-state index in [4.69, 9.17) is 13.9 Å². The minimum absolute atomic E-state index is 0.389. The van der Waals surface area contributed by atoms with Crippen LogP contribution in [0.2, 0.25) is 0 Å². The molecule has 0 spiro atoms. The third-order valence-electron chi connectivity index (χ3n) is 3.04. The van der Waals surface area contributed by atoms with Crippen LogP contribution < -0.4 is 14.8 Å². The Bertz CT molecular complexity index is 840. The maximum atomic E-state index is 9.25. The van der Waals surface area contributed by atoms with E-state index < -0.39 is 0 Å². The Balaban J connectivity index is 2.40. The number of thiazole rings is 1. The van der Waals surface area contributed by atoms with Gasteiger partial charge in [-0.25, -0.2) is 0 Å². The third kappa shape index (κ3) is 2.21. The third-order valence-corrected chi connectivity index (χ3v) is 3.83. The molecule has 0 atom stereocenters. The highest BCUT2D eigenvalue weighted by molar-refractivity contribution is 7.13. The molecule has 0 fully saturated rings. The van der Waals surface area contributed by atoms with Gasteiger partial charge in [0.25, 0.3) is 0 Å². The summed E-state index contributed by atoms with van der Waals surface area (Å²) in [5.74, 6) is 1.54. The van der Waals surface area contributed by atoms with E-state index >= 15 is 0 Å². The smallest absolute Gasteiger partial charge is 0.204 e. The van der Waals surface area contributed by atoms with Gasteiger partial charge < -0.3 is 19.1 Å². The van der Waals surface area contributed by atoms with Crippen molar-refractivity contribution < 1.29 is 19.1 Å². The first-order valence-electron chi connectivity index (χ1n) is 6.04. The number of benzene rings is 1. The lowest BCUT2D eigenvalue weighted by Gasteiger charge is -2.10. The van der Waals surface area contributed by atoms with E-state index in [0.717, 1.165) is 4.88 Å². The van der Waals surface area contributed by atoms with Crippen LogP contribution in [0.5, 0.6) is 11.5 Å². The second-order valence-electron chi connectivity index (χ2n) is 4.14. The SMILES string of the molecule is COc1ccc2/c(=N/O)cc(-c3cncs3)oc2c1OC. The van der Waals surface area contributed by atoms with Crippen molar-refractivity contribution in [3.8, 4) is 22.1 Å². The molecular weight excluding hydrogens is 292 g/mol. The molecule has 2 aromatic heterocycles. The molecule has 0 aliphatic carbocycles. The van der Waals surface area contributed by atoms with Crippen LogP contribution in [-0.4, -0.2) is 24.4 Å². The van der Waals surface area contributed by atoms with Crippen LogP contribution in [0.25, 0.3) is 21.6 Å². The summed E-state index contributed by atoms with van der Waals surface area (Å²) in [5, 5.41) is 13.6. The van der Waals surface area contributed by atoms with Crippen molar-refractivity contribution in [3.63, 3.8) is 0 Å². The predicted molar refractivity (Wildman–Crippen MR) is 77.8 cm³/mol. The van der Waals surface area contributed by atoms with Crippen LogP contribution in [-0.2, 0) is 0 Å². The van der Waals surface area contributed by atoms with Crippen LogP contribution in [0.3, 0.4) is 0 Å². The van der Waals surface area contributed by atoms with Crippen LogP contribution in [0.4, 0.5) is 0 Å². The van der Waals surface area contributed by atoms with Crippen LogP contribution in [0, 0.1) is 0 Å². The van der Waals surface area contributed by atoms with Gasteiger partial charge in [0.1, 0.15) is 11.1 Å². The Morgan fingerprint density at radius 3 is 2.76 bits per heavy atom. The van der Waals surface area contributed by atoms with Crippen molar-refractivity contribution in [3.05, 3.63) is 35.3 Å². The van der Waals surface area contributed by atoms with E-state index in [0.29, 0.717) is 33.6 Å². The Kier molecular flexibility index (Phi) is 3.49. The minimum atomic E-state index is 0.389. The van der Waals surface area contributed by atoms with Gasteiger partial charge in [-0.2, -0.15) is 0 Å². The first-order chi connectivity index (χ1) is 10.3. The van der Waals surface area contributed by atoms with Crippen molar-refractivity contribution in [2.45, 2.75) is 0 Å². The van der Waals surface area contributed by atoms with Gasteiger partial charge >= 0.3 is 0 Å². The molecular formula is C14H12N2O4S. The van der Waals surface area contributed by atoms with Crippen molar-refractivity contribution in [2.75, 3.05) is 14.2 Å². The summed E-state index contributed by atoms with van der Waals surface area (Å²) in [5.41, 5.74) is 2.16. The summed E-state index contributed by atoms with van der Waals surface area (Å²) < 4.78 is 16.5. The van der Waals surface area contributed by atoms with E-state index in [2.05, 4.69) is 10.1 Å². The maximum Gasteiger partial charge on any atom is 0.204 e. The Hall–Kier alpha value is -2.54. The number of fused-ring (bicyclic) bond motifs is 1. The molecule has 108 valence electrons. The number of ether oxygens (including phenoxy) is 2. The van der Waals surface area contributed by atoms with Crippen molar-refractivity contribution in [1.29, 1.82) is 0 Å². The second-order valence-corrected chi connectivity index (χ2v) is 5.03. The summed E-state index contributed by atoms with van der Waals surface area (Å²) >= 11 is 1.43. The van der Waals surface area contributed by atoms with Gasteiger partial charge in [-0.05, 0) is 12.1 Å². The quantitative estimate of drug-likeness (QED) is 0.594. The van der Waals surface area contributed by atoms with Gasteiger partial charge in [0.2, 0.25) is 5.75 Å². The summed E-state index contributed by atoms with van der Waals surface area (Å²) in [6, 6.07) is 5.14. The number of methoxy groups -OCH3 is 2. The van der Waals surface area contributed by atoms with Crippen molar-refractivity contribution >= 4 is 22.3 Å². The normalized spacial score (nSPS) is 11.8. The summed E-state index contributed by atoms with van der Waals surface area (Å²) in [6.07, 6.45) is 1.68. The monoisotopic (exact) mass is 304 g/mol. The number of rotatable bonds is 3. The number of hydrogen-bond donors (Lipinski definition) is 1. The highest BCUT2D eigenvalue weighted by Crippen LogP contribution is 2.36. The molecule has 1 aromatic carbocycles. The lowest BCUT2D eigenvalue weighted by Crippen LogP contribution is -2.04. The van der Waals surface area contributed by atoms with Gasteiger partial charge in [-0.15, -0.1) is 11.3 Å². The molecule has 1 N–H and O–H groups in total. The molecule has 0 saturated heterocycles. The van der Waals surface area contributed by atoms with Crippen LogP contribution >= 0.6 is 11.3 Å². The highest BCUT2D eigenvalue weighted by atomic mass is 32.1. The largest absolute Gasteiger partial charge is 0.493 e. The van der Waals surface area contributed by atoms with Gasteiger partial charge in [0.05, 0.1) is 30.0 Å². The van der Waals surface area contributed by atoms with Gasteiger partial charge in [-0.3, -0.25) is 4.98 Å². The highest BCUT2D eigenvalue weighted by Gasteiger charge is 2.15. The Morgan fingerprint density at radius 1 is 1.29 bits per heavy atom. The van der Waals surface area contributed by atoms with Gasteiger partial charge in [0, 0.05) is 12.3 Å². The number of aromatic nitrogens is 1. The van der Waals surface area contributed by atoms with Gasteiger partial charge in [0.15, 0.2) is 11.3 Å². The average molecular weight is 304 g/mol. The van der Waals surface area contributed by atoms with Crippen molar-refractivity contribution in [2.24, 2.45) is 5.16 Å². The number of hydrogen-bond acceptors (Lipinski definition) is 7. The zero-order valence-electron chi connectivity index (χ0n) is 11.4. The molecule has 7 heteroatoms. The van der Waals surface area contributed by atoms with E-state index in [1.807, 2.05) is 0 Å². The molecule has 0 amide bonds. The standard InChI is InChI=1S/C14H12N2O4S/c1-18-10-4-3-8-9(16-17)5-11(12-6-15-7-21-12)20-13(8)14(10)19-2/h3-7,17H,1-2H3/b16-9+. The average Bonchev–Trinajstić information content (AvgIpc) is 3.06. The fourth-order valence-corrected chi connectivity index (χ4v) is 2.66. The number of nitrogens with zero attached hydrogens (tertiary/aromatic N) is 2. The Labute approximate surface area is 123 Å². The molecule has 3 rings (SSSR count). The van der Waals surface area contributed by atoms with Crippen LogP contribution in [0.1, 0.15) is 0 Å². The zero-order valence-corrected chi connectivity index (χ0v) is 12.2. The molecule has 2 heterocycles. The molecule has 3 aromatic rings. The lowest BCUT2D eigenvalue weighted by molar-refractivity contribution is 0.302. The fraction of sp³-hybridized carbons (Fsp3) is 0.143. The molecule has 21 heavy (non-hydrogen) atoms. The first-order valence-corrected chi connectivity index (χ1v) is 6.92. The molecule has 6 nitrogen and oxygen atoms in total. The summed E-state index contributed by atoms with van der Waals surface area (Å²) in [4.78, 5) is 4.85. The lowest BCUT2D eigenvalue weighted by atomic mass is 10.2. The minimum Gasteiger partial charge on any atom is -0.493 e. The van der Waals surface area contributed by atoms with E-state index in [-0.39, 0.29) is 0 Å². The summed E-state index contributed by atoms with van der Waals surface area (Å²) in [7, 11) is 3.08.